The molecule has 6 heteroatoms. The van der Waals surface area contributed by atoms with E-state index in [0.29, 0.717) is 6.61 Å². The third-order valence-electron chi connectivity index (χ3n) is 2.66. The molecule has 1 saturated heterocycles. The molecule has 1 unspecified atom stereocenters. The van der Waals surface area contributed by atoms with Gasteiger partial charge in [0.2, 0.25) is 5.88 Å². The van der Waals surface area contributed by atoms with Gasteiger partial charge in [-0.15, -0.1) is 0 Å². The molecule has 78 valence electrons. The number of aromatic hydroxyl groups is 1. The van der Waals surface area contributed by atoms with E-state index in [-0.39, 0.29) is 11.6 Å². The highest BCUT2D eigenvalue weighted by atomic mass is 28.1. The standard InChI is InChI=1S/C8H14N2O3Si/c11-6-5-10(7(12)9-6)8(14)3-1-2-4-13-8/h5,11H,1-4H2,14H3,(H,9,12). The quantitative estimate of drug-likeness (QED) is 0.593. The number of aromatic nitrogens is 2. The van der Waals surface area contributed by atoms with Crippen LogP contribution in [0.25, 0.3) is 0 Å². The second-order valence-electron chi connectivity index (χ2n) is 3.80. The smallest absolute Gasteiger partial charge is 0.330 e. The summed E-state index contributed by atoms with van der Waals surface area (Å²) in [5, 5.41) is 8.70. The average molecular weight is 214 g/mol. The predicted molar refractivity (Wildman–Crippen MR) is 54.4 cm³/mol. The number of nitrogens with one attached hydrogen (secondary N) is 1. The molecule has 5 nitrogen and oxygen atoms in total. The third-order valence-corrected chi connectivity index (χ3v) is 3.93. The highest BCUT2D eigenvalue weighted by Crippen LogP contribution is 2.25. The first-order valence-electron chi connectivity index (χ1n) is 4.77. The molecule has 0 spiro atoms. The molecule has 0 saturated carbocycles. The zero-order chi connectivity index (χ0) is 10.2. The normalized spacial score (nSPS) is 28.0. The molecule has 0 aromatic carbocycles. The van der Waals surface area contributed by atoms with E-state index < -0.39 is 5.35 Å². The van der Waals surface area contributed by atoms with Crippen LogP contribution in [0.3, 0.4) is 0 Å². The summed E-state index contributed by atoms with van der Waals surface area (Å²) in [6.45, 7) is 0.696. The molecule has 0 amide bonds. The van der Waals surface area contributed by atoms with E-state index in [1.807, 2.05) is 0 Å². The lowest BCUT2D eigenvalue weighted by atomic mass is 10.2. The van der Waals surface area contributed by atoms with Gasteiger partial charge >= 0.3 is 5.69 Å². The zero-order valence-electron chi connectivity index (χ0n) is 8.12. The minimum absolute atomic E-state index is 0.0978. The maximum Gasteiger partial charge on any atom is 0.330 e. The Hall–Kier alpha value is -1.01. The van der Waals surface area contributed by atoms with Crippen molar-refractivity contribution in [2.75, 3.05) is 6.61 Å². The lowest BCUT2D eigenvalue weighted by Crippen LogP contribution is -2.44. The first kappa shape index (κ1) is 9.54. The maximum absolute atomic E-state index is 11.4. The zero-order valence-corrected chi connectivity index (χ0v) is 10.1. The molecule has 1 aliphatic rings. The van der Waals surface area contributed by atoms with E-state index in [2.05, 4.69) is 4.98 Å². The van der Waals surface area contributed by atoms with Crippen LogP contribution in [0.5, 0.6) is 5.88 Å². The number of H-pyrrole nitrogens is 1. The summed E-state index contributed by atoms with van der Waals surface area (Å²) in [5.41, 5.74) is -0.292. The minimum atomic E-state index is -0.465. The number of imidazole rings is 1. The van der Waals surface area contributed by atoms with Gasteiger partial charge in [0.1, 0.15) is 5.35 Å². The fourth-order valence-electron chi connectivity index (χ4n) is 1.84. The molecule has 2 heterocycles. The van der Waals surface area contributed by atoms with E-state index in [1.165, 1.54) is 10.8 Å². The SMILES string of the molecule is O=c1[nH]c(O)cn1C1([SiH3])CCCCO1. The lowest BCUT2D eigenvalue weighted by molar-refractivity contribution is -0.0731. The average Bonchev–Trinajstić information content (AvgIpc) is 2.47. The minimum Gasteiger partial charge on any atom is -0.493 e. The van der Waals surface area contributed by atoms with Gasteiger partial charge in [-0.2, -0.15) is 0 Å². The number of hydrogen-bond donors (Lipinski definition) is 2. The van der Waals surface area contributed by atoms with Gasteiger partial charge in [-0.25, -0.2) is 4.79 Å². The number of nitrogens with zero attached hydrogens (tertiary/aromatic N) is 1. The van der Waals surface area contributed by atoms with E-state index in [0.717, 1.165) is 29.5 Å². The second kappa shape index (κ2) is 3.29. The van der Waals surface area contributed by atoms with Crippen molar-refractivity contribution in [1.82, 2.24) is 9.55 Å². The maximum atomic E-state index is 11.4. The molecule has 14 heavy (non-hydrogen) atoms. The van der Waals surface area contributed by atoms with Gasteiger partial charge in [-0.1, -0.05) is 0 Å². The molecule has 0 aliphatic carbocycles. The summed E-state index contributed by atoms with van der Waals surface area (Å²) in [6, 6.07) is 0. The van der Waals surface area contributed by atoms with Crippen LogP contribution >= 0.6 is 0 Å². The van der Waals surface area contributed by atoms with Gasteiger partial charge in [0.15, 0.2) is 0 Å². The first-order valence-corrected chi connectivity index (χ1v) is 5.77. The molecule has 1 atom stereocenters. The molecule has 1 fully saturated rings. The van der Waals surface area contributed by atoms with Crippen LogP contribution < -0.4 is 5.69 Å². The summed E-state index contributed by atoms with van der Waals surface area (Å²) in [5.74, 6) is -0.0978. The van der Waals surface area contributed by atoms with Crippen LogP contribution in [0.15, 0.2) is 11.0 Å². The van der Waals surface area contributed by atoms with Gasteiger partial charge in [-0.05, 0) is 19.3 Å². The Balaban J connectivity index is 2.37. The third kappa shape index (κ3) is 1.50. The Labute approximate surface area is 84.1 Å². The molecular formula is C8H14N2O3Si. The number of ether oxygens (including phenoxy) is 1. The first-order chi connectivity index (χ1) is 6.62. The summed E-state index contributed by atoms with van der Waals surface area (Å²) in [4.78, 5) is 13.8. The summed E-state index contributed by atoms with van der Waals surface area (Å²) >= 11 is 0. The van der Waals surface area contributed by atoms with E-state index in [4.69, 9.17) is 9.84 Å². The molecule has 0 bridgehead atoms. The van der Waals surface area contributed by atoms with E-state index >= 15 is 0 Å². The predicted octanol–water partition coefficient (Wildman–Crippen LogP) is -0.942. The molecule has 1 aliphatic heterocycles. The van der Waals surface area contributed by atoms with Crippen molar-refractivity contribution in [2.45, 2.75) is 24.6 Å². The van der Waals surface area contributed by atoms with Crippen molar-refractivity contribution < 1.29 is 9.84 Å². The van der Waals surface area contributed by atoms with Crippen molar-refractivity contribution >= 4 is 10.2 Å². The van der Waals surface area contributed by atoms with Crippen LogP contribution in [0, 0.1) is 0 Å². The monoisotopic (exact) mass is 214 g/mol. The van der Waals surface area contributed by atoms with Crippen LogP contribution in [-0.2, 0) is 10.1 Å². The molecule has 2 N–H and O–H groups in total. The second-order valence-corrected chi connectivity index (χ2v) is 5.36. The van der Waals surface area contributed by atoms with Crippen molar-refractivity contribution in [3.05, 3.63) is 16.7 Å². The van der Waals surface area contributed by atoms with E-state index in [1.54, 1.807) is 0 Å². The molecule has 2 rings (SSSR count). The molecule has 1 aromatic heterocycles. The lowest BCUT2D eigenvalue weighted by Gasteiger charge is -2.34. The summed E-state index contributed by atoms with van der Waals surface area (Å²) in [7, 11) is 0.739. The molecule has 0 radical (unpaired) electrons. The molecular weight excluding hydrogens is 200 g/mol. The number of hydrogen-bond acceptors (Lipinski definition) is 3. The number of rotatable bonds is 1. The van der Waals surface area contributed by atoms with Gasteiger partial charge in [0.25, 0.3) is 0 Å². The largest absolute Gasteiger partial charge is 0.493 e. The van der Waals surface area contributed by atoms with Crippen LogP contribution in [0.4, 0.5) is 0 Å². The Bertz CT molecular complexity index is 378. The van der Waals surface area contributed by atoms with Crippen LogP contribution in [0.1, 0.15) is 19.3 Å². The highest BCUT2D eigenvalue weighted by molar-refractivity contribution is 6.12. The summed E-state index contributed by atoms with van der Waals surface area (Å²) < 4.78 is 7.12. The Morgan fingerprint density at radius 3 is 2.93 bits per heavy atom. The van der Waals surface area contributed by atoms with Crippen molar-refractivity contribution in [1.29, 1.82) is 0 Å². The Kier molecular flexibility index (Phi) is 2.24. The Morgan fingerprint density at radius 2 is 2.43 bits per heavy atom. The highest BCUT2D eigenvalue weighted by Gasteiger charge is 2.31. The van der Waals surface area contributed by atoms with Crippen molar-refractivity contribution in [2.24, 2.45) is 0 Å². The van der Waals surface area contributed by atoms with Crippen LogP contribution in [0.2, 0.25) is 0 Å². The number of aromatic amines is 1. The van der Waals surface area contributed by atoms with E-state index in [9.17, 15) is 4.79 Å². The fourth-order valence-corrected chi connectivity index (χ4v) is 2.73. The van der Waals surface area contributed by atoms with Crippen LogP contribution in [-0.4, -0.2) is 31.5 Å². The fraction of sp³-hybridized carbons (Fsp3) is 0.625. The summed E-state index contributed by atoms with van der Waals surface area (Å²) in [6.07, 6.45) is 4.40. The Morgan fingerprint density at radius 1 is 1.64 bits per heavy atom. The van der Waals surface area contributed by atoms with Gasteiger partial charge in [-0.3, -0.25) is 9.55 Å². The topological polar surface area (TPSA) is 67.2 Å². The van der Waals surface area contributed by atoms with Gasteiger partial charge in [0.05, 0.1) is 16.4 Å². The molecule has 1 aromatic rings. The van der Waals surface area contributed by atoms with Crippen molar-refractivity contribution in [3.8, 4) is 5.88 Å². The van der Waals surface area contributed by atoms with Gasteiger partial charge in [0, 0.05) is 6.61 Å². The van der Waals surface area contributed by atoms with Crippen molar-refractivity contribution in [3.63, 3.8) is 0 Å². The van der Waals surface area contributed by atoms with Gasteiger partial charge < -0.3 is 9.84 Å².